The summed E-state index contributed by atoms with van der Waals surface area (Å²) >= 11 is 0. The van der Waals surface area contributed by atoms with Crippen molar-refractivity contribution in [2.75, 3.05) is 92.8 Å². The van der Waals surface area contributed by atoms with Crippen molar-refractivity contribution in [1.82, 2.24) is 89.3 Å². The summed E-state index contributed by atoms with van der Waals surface area (Å²) in [6.07, 6.45) is -0.693. The van der Waals surface area contributed by atoms with Crippen molar-refractivity contribution in [2.24, 2.45) is 0 Å². The first-order valence-electron chi connectivity index (χ1n) is 39.4. The molecule has 8 aromatic rings. The Morgan fingerprint density at radius 2 is 0.535 bits per heavy atom. The zero-order valence-electron chi connectivity index (χ0n) is 69.1. The van der Waals surface area contributed by atoms with E-state index in [4.69, 9.17) is 0 Å². The van der Waals surface area contributed by atoms with Gasteiger partial charge >= 0.3 is 61.3 Å². The second-order valence-corrected chi connectivity index (χ2v) is 27.7. The maximum atomic E-state index is 14.2. The van der Waals surface area contributed by atoms with E-state index >= 15 is 0 Å². The Hall–Kier alpha value is -14.8. The number of ether oxygens (including phenoxy) is 2. The molecule has 48 nitrogen and oxygen atoms in total. The van der Waals surface area contributed by atoms with Crippen LogP contribution in [0.4, 0.5) is 0 Å². The number of pyridine rings is 8. The summed E-state index contributed by atoms with van der Waals surface area (Å²) in [4.78, 5) is 259. The van der Waals surface area contributed by atoms with E-state index in [0.717, 1.165) is 99.6 Å². The molecule has 688 valence electrons. The number of nitrogens with one attached hydrogen (secondary N) is 6. The van der Waals surface area contributed by atoms with Gasteiger partial charge in [0.25, 0.3) is 69.5 Å². The summed E-state index contributed by atoms with van der Waals surface area (Å²) in [5.74, 6) is -10.0. The molecule has 0 aromatic carbocycles. The van der Waals surface area contributed by atoms with Gasteiger partial charge in [0.1, 0.15) is 57.6 Å². The van der Waals surface area contributed by atoms with Crippen LogP contribution in [-0.4, -0.2) is 254 Å². The van der Waals surface area contributed by atoms with E-state index in [2.05, 4.69) is 41.4 Å². The van der Waals surface area contributed by atoms with E-state index in [1.54, 1.807) is 0 Å². The average Bonchev–Trinajstić information content (AvgIpc) is 0.815. The number of carbonyl (C=O) groups excluding carboxylic acids is 12. The zero-order chi connectivity index (χ0) is 93.8. The predicted molar refractivity (Wildman–Crippen MR) is 446 cm³/mol. The molecule has 0 radical (unpaired) electrons. The summed E-state index contributed by atoms with van der Waals surface area (Å²) in [5.41, 5.74) is -11.6. The van der Waals surface area contributed by atoms with Crippen LogP contribution >= 0.6 is 0 Å². The van der Waals surface area contributed by atoms with Gasteiger partial charge in [0.15, 0.2) is 0 Å². The minimum atomic E-state index is -1.47. The molecule has 0 aliphatic rings. The molecule has 8 rings (SSSR count). The van der Waals surface area contributed by atoms with Gasteiger partial charge in [0.2, 0.25) is 34.1 Å². The van der Waals surface area contributed by atoms with Crippen molar-refractivity contribution in [1.29, 1.82) is 0 Å². The van der Waals surface area contributed by atoms with E-state index in [0.29, 0.717) is 0 Å². The Morgan fingerprint density at radius 3 is 0.868 bits per heavy atom. The second kappa shape index (κ2) is 51.0. The van der Waals surface area contributed by atoms with Crippen molar-refractivity contribution in [3.8, 4) is 0 Å². The van der Waals surface area contributed by atoms with Crippen LogP contribution in [0.15, 0.2) is 184 Å². The molecule has 2 unspecified atom stereocenters. The van der Waals surface area contributed by atoms with Crippen LogP contribution in [-0.2, 0) is 28.7 Å². The van der Waals surface area contributed by atoms with Gasteiger partial charge in [-0.05, 0) is 113 Å². The normalized spacial score (nSPS) is 11.1. The maximum absolute atomic E-state index is 14.2. The summed E-state index contributed by atoms with van der Waals surface area (Å²) in [5, 5.41) is 106. The zero-order valence-corrected chi connectivity index (χ0v) is 71.6. The van der Waals surface area contributed by atoms with Crippen LogP contribution in [0, 0.1) is 70.2 Å². The van der Waals surface area contributed by atoms with Gasteiger partial charge in [-0.1, -0.05) is 48.5 Å². The third-order valence-corrected chi connectivity index (χ3v) is 19.1. The molecular weight excluding hydrogens is 1840 g/mol. The number of esters is 2. The molecule has 0 fully saturated rings. The Labute approximate surface area is 769 Å². The SMILES string of the molecule is COC(=O)CCCNC(=O)C(CCCN(CCCNC(=O)c1cccc(=O)n1O)C(=O)c1cccc(=O)n1O)N(CCCNC(=O)c1cccc(=O)n1O)C(=O)c1cccc(=O)n1O.COC(=O)CCCNC(=O)C(CCCN(CCCNC(=O)c1cccc(=O)n1[O-])C(=O)c1cccc(=O)n1[O-])N(CCCNC(=O)c1cccc(=O)n1[O-])C(=O)c1cccc(=O)n1[O-].[Eu+3]. The third kappa shape index (κ3) is 29.1. The van der Waals surface area contributed by atoms with Gasteiger partial charge in [0.05, 0.1) is 14.2 Å². The van der Waals surface area contributed by atoms with E-state index < -0.39 is 162 Å². The van der Waals surface area contributed by atoms with Crippen LogP contribution in [0.1, 0.15) is 161 Å². The number of amides is 10. The van der Waals surface area contributed by atoms with Crippen molar-refractivity contribution in [3.63, 3.8) is 0 Å². The largest absolute Gasteiger partial charge is 3.00 e. The molecule has 0 bridgehead atoms. The fourth-order valence-electron chi connectivity index (χ4n) is 12.5. The number of hydrogen-bond donors (Lipinski definition) is 10. The van der Waals surface area contributed by atoms with Crippen LogP contribution < -0.4 is 76.4 Å². The molecule has 0 saturated heterocycles. The Bertz CT molecular complexity index is 5530. The van der Waals surface area contributed by atoms with Gasteiger partial charge in [-0.25, -0.2) is 0 Å². The van der Waals surface area contributed by atoms with Gasteiger partial charge in [0, 0.05) is 140 Å². The van der Waals surface area contributed by atoms with Gasteiger partial charge < -0.3 is 122 Å². The number of rotatable bonds is 44. The monoisotopic (exact) mass is 1940 g/mol. The molecule has 10 N–H and O–H groups in total. The Morgan fingerprint density at radius 1 is 0.302 bits per heavy atom. The molecular formula is C80H90EuN18O30-. The van der Waals surface area contributed by atoms with Crippen LogP contribution in [0.3, 0.4) is 0 Å². The molecule has 10 amide bonds. The number of hydrogen-bond acceptors (Lipinski definition) is 30. The summed E-state index contributed by atoms with van der Waals surface area (Å²) in [6.45, 7) is -2.23. The molecule has 0 spiro atoms. The smallest absolute Gasteiger partial charge is 0.803 e. The molecule has 2 atom stereocenters. The van der Waals surface area contributed by atoms with Crippen molar-refractivity contribution >= 4 is 71.0 Å². The topological polar surface area (TPSA) is 658 Å². The molecule has 0 aliphatic heterocycles. The molecule has 0 saturated carbocycles. The fourth-order valence-corrected chi connectivity index (χ4v) is 12.5. The van der Waals surface area contributed by atoms with E-state index in [-0.39, 0.29) is 254 Å². The standard InChI is InChI=1S/C40H47N9O15.C40H43N9O15.Eu/c2*1-64-35(54)19-6-20-41-36(55)26(45(40(59)30-13-5-18-34(53)49(30)63)25-9-22-43-38(57)28-11-3-16-32(51)47(28)61)14-7-23-44(39(58)29-12-4-17-33(52)48(29)62)24-8-21-42-37(56)27-10-2-15-31(50)46(27)60;/h2-5,10-13,15-18,26,60-63H,6-9,14,19-25H2,1H3,(H,41,55)(H,42,56)(H,43,57);2-5,10-13,15-18,26H,6-9,14,19-25H2,1H3,(H,41,55)(H,42,56)(H,43,57);/q;-4;+3. The molecule has 0 aliphatic carbocycles. The van der Waals surface area contributed by atoms with E-state index in [1.165, 1.54) is 79.8 Å². The molecule has 8 aromatic heterocycles. The number of aromatic nitrogens is 8. The summed E-state index contributed by atoms with van der Waals surface area (Å²) in [6, 6.07) is 23.8. The van der Waals surface area contributed by atoms with Crippen molar-refractivity contribution < 1.29 is 137 Å². The number of methoxy groups -OCH3 is 2. The van der Waals surface area contributed by atoms with Crippen molar-refractivity contribution in [3.05, 3.63) is 295 Å². The average molecular weight is 1940 g/mol. The quantitative estimate of drug-likeness (QED) is 0.0111. The minimum Gasteiger partial charge on any atom is -0.803 e. The van der Waals surface area contributed by atoms with Crippen LogP contribution in [0.25, 0.3) is 0 Å². The van der Waals surface area contributed by atoms with E-state index in [9.17, 15) is 138 Å². The summed E-state index contributed by atoms with van der Waals surface area (Å²) in [7, 11) is 2.37. The molecule has 129 heavy (non-hydrogen) atoms. The van der Waals surface area contributed by atoms with Gasteiger partial charge in [-0.2, -0.15) is 0 Å². The predicted octanol–water partition coefficient (Wildman–Crippen LogP) is -2.11. The molecule has 8 heterocycles. The Balaban J connectivity index is 0.000000395. The first-order valence-corrected chi connectivity index (χ1v) is 39.4. The fraction of sp³-hybridized carbons (Fsp3) is 0.350. The minimum absolute atomic E-state index is 0. The summed E-state index contributed by atoms with van der Waals surface area (Å²) < 4.78 is 9.28. The Kier molecular flexibility index (Phi) is 40.7. The first-order chi connectivity index (χ1) is 61.1. The van der Waals surface area contributed by atoms with Crippen LogP contribution in [0.5, 0.6) is 0 Å². The van der Waals surface area contributed by atoms with Crippen LogP contribution in [0.2, 0.25) is 0 Å². The maximum Gasteiger partial charge on any atom is 3.00 e. The van der Waals surface area contributed by atoms with Gasteiger partial charge in [-0.15, -0.1) is 18.9 Å². The second-order valence-electron chi connectivity index (χ2n) is 27.7. The third-order valence-electron chi connectivity index (χ3n) is 19.1. The number of nitrogens with zero attached hydrogens (tertiary/aromatic N) is 12. The molecule has 49 heteroatoms. The van der Waals surface area contributed by atoms with Crippen molar-refractivity contribution in [2.45, 2.75) is 89.1 Å². The van der Waals surface area contributed by atoms with E-state index in [1.807, 2.05) is 0 Å². The number of carbonyl (C=O) groups is 12. The first kappa shape index (κ1) is 103. The van der Waals surface area contributed by atoms with Gasteiger partial charge in [-0.3, -0.25) is 95.9 Å².